The minimum absolute atomic E-state index is 0.288. The van der Waals surface area contributed by atoms with Gasteiger partial charge in [-0.3, -0.25) is 4.79 Å². The van der Waals surface area contributed by atoms with E-state index in [9.17, 15) is 9.90 Å². The number of carbonyl (C=O) groups is 1. The summed E-state index contributed by atoms with van der Waals surface area (Å²) in [7, 11) is 0. The lowest BCUT2D eigenvalue weighted by Gasteiger charge is -2.32. The maximum absolute atomic E-state index is 11.5. The molecule has 78 valence electrons. The Bertz CT molecular complexity index is 255. The Hall–Kier alpha value is -0.530. The normalized spacial score (nSPS) is 46.6. The molecule has 3 rings (SSSR count). The van der Waals surface area contributed by atoms with E-state index < -0.39 is 5.97 Å². The van der Waals surface area contributed by atoms with Gasteiger partial charge >= 0.3 is 5.97 Å². The van der Waals surface area contributed by atoms with Gasteiger partial charge in [-0.05, 0) is 49.9 Å². The lowest BCUT2D eigenvalue weighted by Crippen LogP contribution is -2.36. The summed E-state index contributed by atoms with van der Waals surface area (Å²) >= 11 is 0. The quantitative estimate of drug-likeness (QED) is 0.733. The van der Waals surface area contributed by atoms with Crippen LogP contribution in [0.2, 0.25) is 0 Å². The monoisotopic (exact) mass is 194 g/mol. The minimum Gasteiger partial charge on any atom is -0.481 e. The summed E-state index contributed by atoms with van der Waals surface area (Å²) < 4.78 is 0. The molecule has 1 N–H and O–H groups in total. The molecule has 0 bridgehead atoms. The van der Waals surface area contributed by atoms with Crippen molar-refractivity contribution in [3.05, 3.63) is 0 Å². The summed E-state index contributed by atoms with van der Waals surface area (Å²) in [6.45, 7) is 0. The fourth-order valence-electron chi connectivity index (χ4n) is 3.99. The summed E-state index contributed by atoms with van der Waals surface area (Å²) in [5.41, 5.74) is -0.288. The topological polar surface area (TPSA) is 37.3 Å². The highest BCUT2D eigenvalue weighted by molar-refractivity contribution is 5.76. The molecule has 0 radical (unpaired) electrons. The van der Waals surface area contributed by atoms with E-state index >= 15 is 0 Å². The maximum Gasteiger partial charge on any atom is 0.309 e. The molecule has 2 heteroatoms. The average Bonchev–Trinajstić information content (AvgIpc) is 2.68. The molecule has 3 saturated carbocycles. The fraction of sp³-hybridized carbons (Fsp3) is 0.917. The molecule has 14 heavy (non-hydrogen) atoms. The van der Waals surface area contributed by atoms with Gasteiger partial charge in [0, 0.05) is 0 Å². The van der Waals surface area contributed by atoms with Crippen LogP contribution in [0.4, 0.5) is 0 Å². The minimum atomic E-state index is -0.489. The Balaban J connectivity index is 1.84. The molecule has 0 aromatic rings. The highest BCUT2D eigenvalue weighted by Crippen LogP contribution is 2.64. The predicted molar refractivity (Wildman–Crippen MR) is 52.9 cm³/mol. The molecule has 0 aliphatic heterocycles. The smallest absolute Gasteiger partial charge is 0.309 e. The average molecular weight is 194 g/mol. The molecule has 0 amide bonds. The SMILES string of the molecule is O=C(O)C1(C2CCCC2)CC2CC2C1. The molecule has 0 aromatic carbocycles. The number of aliphatic carboxylic acids is 1. The molecule has 3 aliphatic carbocycles. The van der Waals surface area contributed by atoms with E-state index in [0.29, 0.717) is 5.92 Å². The standard InChI is InChI=1S/C12H18O2/c13-11(14)12(10-3-1-2-4-10)6-8-5-9(8)7-12/h8-10H,1-7H2,(H,13,14). The molecule has 0 spiro atoms. The van der Waals surface area contributed by atoms with Crippen molar-refractivity contribution in [2.24, 2.45) is 23.2 Å². The van der Waals surface area contributed by atoms with Crippen molar-refractivity contribution in [3.8, 4) is 0 Å². The van der Waals surface area contributed by atoms with Crippen LogP contribution in [0.3, 0.4) is 0 Å². The van der Waals surface area contributed by atoms with Crippen molar-refractivity contribution in [1.29, 1.82) is 0 Å². The lowest BCUT2D eigenvalue weighted by atomic mass is 9.71. The zero-order chi connectivity index (χ0) is 9.76. The van der Waals surface area contributed by atoms with Gasteiger partial charge in [-0.25, -0.2) is 0 Å². The van der Waals surface area contributed by atoms with E-state index in [2.05, 4.69) is 0 Å². The second kappa shape index (κ2) is 2.74. The van der Waals surface area contributed by atoms with Crippen LogP contribution in [0.5, 0.6) is 0 Å². The number of hydrogen-bond donors (Lipinski definition) is 1. The van der Waals surface area contributed by atoms with Gasteiger partial charge in [0.2, 0.25) is 0 Å². The zero-order valence-electron chi connectivity index (χ0n) is 8.54. The predicted octanol–water partition coefficient (Wildman–Crippen LogP) is 2.68. The van der Waals surface area contributed by atoms with Gasteiger partial charge in [0.15, 0.2) is 0 Å². The van der Waals surface area contributed by atoms with Crippen molar-refractivity contribution in [3.63, 3.8) is 0 Å². The molecule has 0 aromatic heterocycles. The van der Waals surface area contributed by atoms with Gasteiger partial charge in [-0.2, -0.15) is 0 Å². The maximum atomic E-state index is 11.5. The van der Waals surface area contributed by atoms with Crippen LogP contribution >= 0.6 is 0 Å². The second-order valence-electron chi connectivity index (χ2n) is 5.61. The van der Waals surface area contributed by atoms with Crippen LogP contribution in [-0.2, 0) is 4.79 Å². The molecule has 0 heterocycles. The largest absolute Gasteiger partial charge is 0.481 e. The van der Waals surface area contributed by atoms with Gasteiger partial charge < -0.3 is 5.11 Å². The first-order chi connectivity index (χ1) is 6.72. The summed E-state index contributed by atoms with van der Waals surface area (Å²) in [6, 6.07) is 0. The first-order valence-electron chi connectivity index (χ1n) is 5.96. The number of hydrogen-bond acceptors (Lipinski definition) is 1. The van der Waals surface area contributed by atoms with E-state index in [0.717, 1.165) is 24.7 Å². The summed E-state index contributed by atoms with van der Waals surface area (Å²) in [6.07, 6.45) is 8.18. The van der Waals surface area contributed by atoms with Crippen LogP contribution < -0.4 is 0 Å². The van der Waals surface area contributed by atoms with Crippen molar-refractivity contribution in [2.45, 2.75) is 44.9 Å². The van der Waals surface area contributed by atoms with E-state index in [1.54, 1.807) is 0 Å². The Morgan fingerprint density at radius 1 is 1.14 bits per heavy atom. The number of carboxylic acid groups (broad SMARTS) is 1. The number of carboxylic acids is 1. The molecule has 0 saturated heterocycles. The highest BCUT2D eigenvalue weighted by Gasteiger charge is 2.60. The van der Waals surface area contributed by atoms with Crippen LogP contribution in [-0.4, -0.2) is 11.1 Å². The van der Waals surface area contributed by atoms with Gasteiger partial charge in [-0.1, -0.05) is 12.8 Å². The molecular formula is C12H18O2. The van der Waals surface area contributed by atoms with Gasteiger partial charge in [0.25, 0.3) is 0 Å². The van der Waals surface area contributed by atoms with Crippen LogP contribution in [0.25, 0.3) is 0 Å². The summed E-state index contributed by atoms with van der Waals surface area (Å²) in [5.74, 6) is 1.59. The molecule has 2 atom stereocenters. The van der Waals surface area contributed by atoms with Gasteiger partial charge in [-0.15, -0.1) is 0 Å². The molecule has 3 aliphatic rings. The third-order valence-corrected chi connectivity index (χ3v) is 4.88. The van der Waals surface area contributed by atoms with Crippen molar-refractivity contribution >= 4 is 5.97 Å². The lowest BCUT2D eigenvalue weighted by molar-refractivity contribution is -0.153. The molecule has 3 fully saturated rings. The van der Waals surface area contributed by atoms with Crippen LogP contribution in [0.15, 0.2) is 0 Å². The second-order valence-corrected chi connectivity index (χ2v) is 5.61. The Morgan fingerprint density at radius 3 is 2.21 bits per heavy atom. The van der Waals surface area contributed by atoms with Crippen molar-refractivity contribution < 1.29 is 9.90 Å². The van der Waals surface area contributed by atoms with Gasteiger partial charge in [0.05, 0.1) is 5.41 Å². The van der Waals surface area contributed by atoms with E-state index in [1.807, 2.05) is 0 Å². The Labute approximate surface area is 84.7 Å². The van der Waals surface area contributed by atoms with E-state index in [4.69, 9.17) is 0 Å². The zero-order valence-corrected chi connectivity index (χ0v) is 8.54. The molecular weight excluding hydrogens is 176 g/mol. The van der Waals surface area contributed by atoms with E-state index in [1.165, 1.54) is 32.1 Å². The molecule has 2 unspecified atom stereocenters. The first-order valence-corrected chi connectivity index (χ1v) is 5.96. The van der Waals surface area contributed by atoms with Crippen LogP contribution in [0.1, 0.15) is 44.9 Å². The van der Waals surface area contributed by atoms with Gasteiger partial charge in [0.1, 0.15) is 0 Å². The van der Waals surface area contributed by atoms with E-state index in [-0.39, 0.29) is 5.41 Å². The third-order valence-electron chi connectivity index (χ3n) is 4.88. The summed E-state index contributed by atoms with van der Waals surface area (Å²) in [5, 5.41) is 9.46. The highest BCUT2D eigenvalue weighted by atomic mass is 16.4. The summed E-state index contributed by atoms with van der Waals surface area (Å²) in [4.78, 5) is 11.5. The molecule has 2 nitrogen and oxygen atoms in total. The first kappa shape index (κ1) is 8.75. The number of rotatable bonds is 2. The third kappa shape index (κ3) is 1.06. The van der Waals surface area contributed by atoms with Crippen molar-refractivity contribution in [1.82, 2.24) is 0 Å². The Kier molecular flexibility index (Phi) is 1.71. The van der Waals surface area contributed by atoms with Crippen molar-refractivity contribution in [2.75, 3.05) is 0 Å². The number of fused-ring (bicyclic) bond motifs is 1. The fourth-order valence-corrected chi connectivity index (χ4v) is 3.99. The Morgan fingerprint density at radius 2 is 1.71 bits per heavy atom. The van der Waals surface area contributed by atoms with Crippen LogP contribution in [0, 0.1) is 23.2 Å².